The molecule has 2 aliphatic heterocycles. The molecule has 0 amide bonds. The molecule has 74 valence electrons. The first-order valence-corrected chi connectivity index (χ1v) is 5.29. The van der Waals surface area contributed by atoms with Crippen molar-refractivity contribution in [3.05, 3.63) is 35.4 Å². The Morgan fingerprint density at radius 2 is 2.07 bits per heavy atom. The van der Waals surface area contributed by atoms with E-state index in [1.807, 2.05) is 0 Å². The Bertz CT molecular complexity index is 371. The Hall–Kier alpha value is -0.820. The highest BCUT2D eigenvalue weighted by molar-refractivity contribution is 5.40. The summed E-state index contributed by atoms with van der Waals surface area (Å²) in [7, 11) is 0. The van der Waals surface area contributed by atoms with Gasteiger partial charge in [-0.3, -0.25) is 4.90 Å². The van der Waals surface area contributed by atoms with E-state index in [9.17, 15) is 0 Å². The smallest absolute Gasteiger partial charge is 0.0400 e. The number of hydrogen-bond donors (Lipinski definition) is 0. The molecule has 3 aliphatic rings. The summed E-state index contributed by atoms with van der Waals surface area (Å²) in [4.78, 5) is 2.68. The molecule has 0 radical (unpaired) electrons. The van der Waals surface area contributed by atoms with Gasteiger partial charge in [-0.2, -0.15) is 0 Å². The van der Waals surface area contributed by atoms with Crippen LogP contribution in [0.4, 0.5) is 0 Å². The first kappa shape index (κ1) is 8.49. The van der Waals surface area contributed by atoms with Gasteiger partial charge in [0.05, 0.1) is 0 Å². The first-order valence-electron chi connectivity index (χ1n) is 5.29. The van der Waals surface area contributed by atoms with Crippen LogP contribution in [-0.2, 0) is 6.42 Å². The minimum atomic E-state index is 0. The SMILES string of the molecule is C.c1ccc2c(c1)C[C@H]1C3CCN3[C@H]21. The van der Waals surface area contributed by atoms with Gasteiger partial charge < -0.3 is 0 Å². The van der Waals surface area contributed by atoms with Crippen molar-refractivity contribution >= 4 is 0 Å². The van der Waals surface area contributed by atoms with Crippen LogP contribution < -0.4 is 0 Å². The molecular formula is C13H17N. The van der Waals surface area contributed by atoms with E-state index >= 15 is 0 Å². The fourth-order valence-electron chi connectivity index (χ4n) is 3.51. The van der Waals surface area contributed by atoms with Gasteiger partial charge in [-0.1, -0.05) is 31.7 Å². The lowest BCUT2D eigenvalue weighted by molar-refractivity contribution is -0.121. The molecule has 1 unspecified atom stereocenters. The van der Waals surface area contributed by atoms with E-state index < -0.39 is 0 Å². The second-order valence-electron chi connectivity index (χ2n) is 4.61. The zero-order valence-corrected chi connectivity index (χ0v) is 7.61. The highest BCUT2D eigenvalue weighted by atomic mass is 15.3. The summed E-state index contributed by atoms with van der Waals surface area (Å²) in [6.45, 7) is 1.35. The lowest BCUT2D eigenvalue weighted by Gasteiger charge is -2.60. The average molecular weight is 187 g/mol. The van der Waals surface area contributed by atoms with Crippen LogP contribution in [-0.4, -0.2) is 17.5 Å². The molecule has 14 heavy (non-hydrogen) atoms. The van der Waals surface area contributed by atoms with Crippen LogP contribution >= 0.6 is 0 Å². The first-order chi connectivity index (χ1) is 6.45. The molecule has 1 aromatic carbocycles. The van der Waals surface area contributed by atoms with E-state index in [0.29, 0.717) is 0 Å². The van der Waals surface area contributed by atoms with Crippen LogP contribution in [0.3, 0.4) is 0 Å². The van der Waals surface area contributed by atoms with Crippen molar-refractivity contribution in [2.45, 2.75) is 32.4 Å². The molecule has 0 N–H and O–H groups in total. The Labute approximate surface area is 85.7 Å². The summed E-state index contributed by atoms with van der Waals surface area (Å²) in [5.41, 5.74) is 3.25. The largest absolute Gasteiger partial charge is 0.293 e. The third-order valence-corrected chi connectivity index (χ3v) is 4.20. The Morgan fingerprint density at radius 1 is 1.21 bits per heavy atom. The third-order valence-electron chi connectivity index (χ3n) is 4.20. The van der Waals surface area contributed by atoms with Gasteiger partial charge in [0.2, 0.25) is 0 Å². The van der Waals surface area contributed by atoms with Gasteiger partial charge in [0.15, 0.2) is 0 Å². The minimum Gasteiger partial charge on any atom is -0.293 e. The maximum atomic E-state index is 2.68. The molecule has 3 atom stereocenters. The summed E-state index contributed by atoms with van der Waals surface area (Å²) < 4.78 is 0. The monoisotopic (exact) mass is 187 g/mol. The average Bonchev–Trinajstić information content (AvgIpc) is 2.42. The lowest BCUT2D eigenvalue weighted by atomic mass is 9.73. The van der Waals surface area contributed by atoms with Crippen molar-refractivity contribution in [2.75, 3.05) is 6.54 Å². The van der Waals surface area contributed by atoms with E-state index in [1.165, 1.54) is 19.4 Å². The van der Waals surface area contributed by atoms with Gasteiger partial charge in [0.25, 0.3) is 0 Å². The summed E-state index contributed by atoms with van der Waals surface area (Å²) >= 11 is 0. The molecule has 2 heterocycles. The molecule has 1 heteroatoms. The molecule has 4 rings (SSSR count). The van der Waals surface area contributed by atoms with Crippen molar-refractivity contribution in [1.82, 2.24) is 4.90 Å². The summed E-state index contributed by atoms with van der Waals surface area (Å²) in [6.07, 6.45) is 2.80. The van der Waals surface area contributed by atoms with Crippen LogP contribution in [0, 0.1) is 5.92 Å². The normalized spacial score (nSPS) is 37.0. The Kier molecular flexibility index (Phi) is 1.58. The van der Waals surface area contributed by atoms with Crippen molar-refractivity contribution in [2.24, 2.45) is 5.92 Å². The lowest BCUT2D eigenvalue weighted by Crippen LogP contribution is -2.65. The van der Waals surface area contributed by atoms with E-state index in [1.54, 1.807) is 11.1 Å². The highest BCUT2D eigenvalue weighted by Gasteiger charge is 2.56. The molecule has 2 saturated heterocycles. The van der Waals surface area contributed by atoms with Crippen LogP contribution in [0.15, 0.2) is 24.3 Å². The van der Waals surface area contributed by atoms with E-state index in [4.69, 9.17) is 0 Å². The molecule has 1 aromatic rings. The van der Waals surface area contributed by atoms with E-state index in [-0.39, 0.29) is 7.43 Å². The molecule has 1 nitrogen and oxygen atoms in total. The third kappa shape index (κ3) is 0.755. The summed E-state index contributed by atoms with van der Waals surface area (Å²) in [6, 6.07) is 10.8. The van der Waals surface area contributed by atoms with Crippen molar-refractivity contribution in [1.29, 1.82) is 0 Å². The molecule has 0 aromatic heterocycles. The van der Waals surface area contributed by atoms with Crippen molar-refractivity contribution in [3.63, 3.8) is 0 Å². The topological polar surface area (TPSA) is 3.24 Å². The number of piperidine rings is 1. The predicted molar refractivity (Wildman–Crippen MR) is 58.2 cm³/mol. The van der Waals surface area contributed by atoms with Gasteiger partial charge in [-0.15, -0.1) is 0 Å². The molecule has 0 bridgehead atoms. The van der Waals surface area contributed by atoms with Crippen LogP contribution in [0.1, 0.15) is 31.0 Å². The van der Waals surface area contributed by atoms with Gasteiger partial charge in [0.1, 0.15) is 0 Å². The minimum absolute atomic E-state index is 0. The van der Waals surface area contributed by atoms with Gasteiger partial charge in [0, 0.05) is 18.6 Å². The Balaban J connectivity index is 0.000000640. The molecule has 0 spiro atoms. The molecule has 1 aliphatic carbocycles. The zero-order valence-electron chi connectivity index (χ0n) is 7.61. The maximum absolute atomic E-state index is 2.68. The van der Waals surface area contributed by atoms with E-state index in [2.05, 4.69) is 29.2 Å². The molecule has 2 fully saturated rings. The highest BCUT2D eigenvalue weighted by Crippen LogP contribution is 2.56. The van der Waals surface area contributed by atoms with Gasteiger partial charge in [-0.25, -0.2) is 0 Å². The van der Waals surface area contributed by atoms with Crippen LogP contribution in [0.25, 0.3) is 0 Å². The number of fused-ring (bicyclic) bond motifs is 6. The number of hydrogen-bond acceptors (Lipinski definition) is 1. The fourth-order valence-corrected chi connectivity index (χ4v) is 3.51. The molecular weight excluding hydrogens is 170 g/mol. The number of benzene rings is 1. The van der Waals surface area contributed by atoms with Crippen molar-refractivity contribution in [3.8, 4) is 0 Å². The zero-order chi connectivity index (χ0) is 8.41. The van der Waals surface area contributed by atoms with Crippen LogP contribution in [0.5, 0.6) is 0 Å². The second-order valence-corrected chi connectivity index (χ2v) is 4.61. The maximum Gasteiger partial charge on any atom is 0.0400 e. The number of nitrogens with zero attached hydrogens (tertiary/aromatic N) is 1. The van der Waals surface area contributed by atoms with E-state index in [0.717, 1.165) is 18.0 Å². The standard InChI is InChI=1S/C12H13N.CH4/c1-2-4-9-8(3-1)7-10-11-5-6-13(11)12(9)10;/h1-4,10-12H,5-7H2;1H4/t10-,11?,12+;/m0./s1. The van der Waals surface area contributed by atoms with Gasteiger partial charge in [-0.05, 0) is 29.9 Å². The quantitative estimate of drug-likeness (QED) is 0.603. The summed E-state index contributed by atoms with van der Waals surface area (Å²) in [5, 5.41) is 0. The van der Waals surface area contributed by atoms with Gasteiger partial charge >= 0.3 is 0 Å². The van der Waals surface area contributed by atoms with Crippen LogP contribution in [0.2, 0.25) is 0 Å². The predicted octanol–water partition coefficient (Wildman–Crippen LogP) is 2.62. The van der Waals surface area contributed by atoms with Crippen molar-refractivity contribution < 1.29 is 0 Å². The summed E-state index contributed by atoms with van der Waals surface area (Å²) in [5.74, 6) is 0.978. The fraction of sp³-hybridized carbons (Fsp3) is 0.538. The second kappa shape index (κ2) is 2.60. The molecule has 0 saturated carbocycles. The number of rotatable bonds is 0. The Morgan fingerprint density at radius 3 is 2.86 bits per heavy atom.